The molecular formula is C27H24N6O8S4. The maximum absolute atomic E-state index is 12.4. The Morgan fingerprint density at radius 1 is 0.844 bits per heavy atom. The summed E-state index contributed by atoms with van der Waals surface area (Å²) in [6.45, 7) is 0. The van der Waals surface area contributed by atoms with Crippen molar-refractivity contribution in [3.8, 4) is 21.1 Å². The van der Waals surface area contributed by atoms with Crippen molar-refractivity contribution in [1.82, 2.24) is 19.7 Å². The number of aromatic carboxylic acids is 1. The highest BCUT2D eigenvalue weighted by Crippen LogP contribution is 2.27. The number of carbonyl (C=O) groups is 3. The smallest absolute Gasteiger partial charge is 0.355 e. The summed E-state index contributed by atoms with van der Waals surface area (Å²) in [7, 11) is -5.04. The van der Waals surface area contributed by atoms with Crippen LogP contribution < -0.4 is 11.1 Å². The van der Waals surface area contributed by atoms with Crippen LogP contribution in [0.25, 0.3) is 21.1 Å². The highest BCUT2D eigenvalue weighted by Gasteiger charge is 2.19. The lowest BCUT2D eigenvalue weighted by atomic mass is 10.2. The zero-order valence-electron chi connectivity index (χ0n) is 23.7. The fraction of sp³-hybridized carbons (Fsp3) is 0.111. The van der Waals surface area contributed by atoms with Crippen LogP contribution >= 0.6 is 22.7 Å². The maximum Gasteiger partial charge on any atom is 0.355 e. The fourth-order valence-corrected chi connectivity index (χ4v) is 6.60. The molecule has 0 saturated carbocycles. The first kappa shape index (κ1) is 33.1. The normalized spacial score (nSPS) is 11.4. The minimum atomic E-state index is -3.35. The number of hydrogen-bond acceptors (Lipinski definition) is 12. The summed E-state index contributed by atoms with van der Waals surface area (Å²) in [6, 6.07) is 12.6. The number of aromatic nitrogens is 4. The zero-order chi connectivity index (χ0) is 33.1. The lowest BCUT2D eigenvalue weighted by Crippen LogP contribution is -2.18. The van der Waals surface area contributed by atoms with Gasteiger partial charge in [0.1, 0.15) is 15.7 Å². The molecule has 234 valence electrons. The number of thiazole rings is 2. The largest absolute Gasteiger partial charge is 0.476 e. The molecule has 0 aliphatic carbocycles. The number of anilines is 1. The van der Waals surface area contributed by atoms with E-state index in [1.807, 2.05) is 0 Å². The van der Waals surface area contributed by atoms with Crippen molar-refractivity contribution < 1.29 is 36.3 Å². The average Bonchev–Trinajstić information content (AvgIpc) is 3.73. The third kappa shape index (κ3) is 8.24. The minimum Gasteiger partial charge on any atom is -0.476 e. The number of nitrogens with two attached hydrogens (primary N) is 1. The van der Waals surface area contributed by atoms with Crippen LogP contribution in [0.4, 0.5) is 5.69 Å². The van der Waals surface area contributed by atoms with Crippen molar-refractivity contribution in [3.05, 3.63) is 82.6 Å². The van der Waals surface area contributed by atoms with E-state index in [1.54, 1.807) is 31.3 Å². The Hall–Kier alpha value is -4.78. The lowest BCUT2D eigenvalue weighted by Gasteiger charge is -2.02. The summed E-state index contributed by atoms with van der Waals surface area (Å²) < 4.78 is 47.6. The summed E-state index contributed by atoms with van der Waals surface area (Å²) in [5.41, 5.74) is 6.63. The number of carboxylic acids is 1. The molecule has 0 fully saturated rings. The first-order valence-electron chi connectivity index (χ1n) is 12.4. The molecule has 45 heavy (non-hydrogen) atoms. The zero-order valence-corrected chi connectivity index (χ0v) is 26.9. The summed E-state index contributed by atoms with van der Waals surface area (Å²) in [5, 5.41) is 19.2. The quantitative estimate of drug-likeness (QED) is 0.215. The Morgan fingerprint density at radius 3 is 1.78 bits per heavy atom. The van der Waals surface area contributed by atoms with Crippen LogP contribution in [0.5, 0.6) is 0 Å². The molecule has 14 nitrogen and oxygen atoms in total. The van der Waals surface area contributed by atoms with Crippen LogP contribution in [-0.2, 0) is 26.7 Å². The fourth-order valence-electron chi connectivity index (χ4n) is 3.68. The molecule has 0 aliphatic rings. The molecule has 5 aromatic rings. The minimum absolute atomic E-state index is 0.0419. The number of carboxylic acid groups (broad SMARTS) is 1. The SMILES string of the molecule is CS(=O)(=O)c1cccc(-c2nc(C(=O)O)cs2)c1.Cn1cc(NC(=O)c2csc(-c3cccc(S(C)(=O)=O)c3)n2)c(C(N)=O)n1. The number of carbonyl (C=O) groups excluding carboxylic acids is 2. The van der Waals surface area contributed by atoms with E-state index in [-0.39, 0.29) is 32.6 Å². The Morgan fingerprint density at radius 2 is 1.33 bits per heavy atom. The third-order valence-corrected chi connectivity index (χ3v) is 9.79. The van der Waals surface area contributed by atoms with Gasteiger partial charge in [0.25, 0.3) is 11.8 Å². The van der Waals surface area contributed by atoms with Gasteiger partial charge in [-0.2, -0.15) is 5.10 Å². The van der Waals surface area contributed by atoms with Crippen molar-refractivity contribution in [1.29, 1.82) is 0 Å². The van der Waals surface area contributed by atoms with Gasteiger partial charge in [-0.25, -0.2) is 31.6 Å². The lowest BCUT2D eigenvalue weighted by molar-refractivity contribution is 0.0691. The van der Waals surface area contributed by atoms with E-state index in [2.05, 4.69) is 20.4 Å². The standard InChI is InChI=1S/C16H15N5O4S2.C11H9NO4S2/c1-21-7-11(13(20-21)14(17)22)18-15(23)12-8-26-16(19-12)9-4-3-5-10(6-9)27(2,24)25;1-18(15,16)8-4-2-3-7(5-8)10-12-9(6-17-10)11(13)14/h3-8H,1-2H3,(H2,17,22)(H,18,23);2-6H,1H3,(H,13,14). The molecule has 18 heteroatoms. The number of nitrogens with one attached hydrogen (secondary N) is 1. The van der Waals surface area contributed by atoms with Crippen LogP contribution in [-0.4, -0.2) is 72.0 Å². The first-order chi connectivity index (χ1) is 21.0. The number of aryl methyl sites for hydroxylation is 1. The van der Waals surface area contributed by atoms with Gasteiger partial charge in [0.15, 0.2) is 31.1 Å². The molecule has 0 radical (unpaired) electrons. The number of primary amides is 1. The van der Waals surface area contributed by atoms with E-state index in [0.29, 0.717) is 21.1 Å². The van der Waals surface area contributed by atoms with Crippen LogP contribution in [0, 0.1) is 0 Å². The van der Waals surface area contributed by atoms with E-state index in [1.165, 1.54) is 57.2 Å². The molecule has 5 rings (SSSR count). The van der Waals surface area contributed by atoms with Gasteiger partial charge in [-0.1, -0.05) is 24.3 Å². The van der Waals surface area contributed by atoms with Crippen LogP contribution in [0.15, 0.2) is 75.3 Å². The molecule has 2 amide bonds. The maximum atomic E-state index is 12.4. The molecule has 4 N–H and O–H groups in total. The van der Waals surface area contributed by atoms with E-state index in [9.17, 15) is 31.2 Å². The number of hydrogen-bond donors (Lipinski definition) is 3. The van der Waals surface area contributed by atoms with Crippen LogP contribution in [0.2, 0.25) is 0 Å². The number of amides is 2. The van der Waals surface area contributed by atoms with Gasteiger partial charge in [0.05, 0.1) is 15.5 Å². The van der Waals surface area contributed by atoms with Crippen molar-refractivity contribution in [2.45, 2.75) is 9.79 Å². The number of nitrogens with zero attached hydrogens (tertiary/aromatic N) is 4. The summed E-state index contributed by atoms with van der Waals surface area (Å²) in [5.74, 6) is -2.40. The highest BCUT2D eigenvalue weighted by atomic mass is 32.2. The van der Waals surface area contributed by atoms with Gasteiger partial charge in [0.2, 0.25) is 0 Å². The van der Waals surface area contributed by atoms with Crippen LogP contribution in [0.1, 0.15) is 31.5 Å². The Labute approximate surface area is 265 Å². The van der Waals surface area contributed by atoms with E-state index in [0.717, 1.165) is 23.8 Å². The molecule has 0 spiro atoms. The second kappa shape index (κ2) is 13.1. The number of benzene rings is 2. The van der Waals surface area contributed by atoms with E-state index in [4.69, 9.17) is 10.8 Å². The Balaban J connectivity index is 0.000000222. The van der Waals surface area contributed by atoms with Crippen LogP contribution in [0.3, 0.4) is 0 Å². The van der Waals surface area contributed by atoms with Crippen molar-refractivity contribution in [2.24, 2.45) is 12.8 Å². The molecule has 0 aliphatic heterocycles. The van der Waals surface area contributed by atoms with E-state index < -0.39 is 37.5 Å². The predicted molar refractivity (Wildman–Crippen MR) is 168 cm³/mol. The van der Waals surface area contributed by atoms with Crippen molar-refractivity contribution >= 4 is 65.8 Å². The monoisotopic (exact) mass is 688 g/mol. The first-order valence-corrected chi connectivity index (χ1v) is 18.0. The molecule has 2 aromatic carbocycles. The van der Waals surface area contributed by atoms with Crippen molar-refractivity contribution in [3.63, 3.8) is 0 Å². The van der Waals surface area contributed by atoms with Crippen molar-refractivity contribution in [2.75, 3.05) is 17.8 Å². The van der Waals surface area contributed by atoms with Gasteiger partial charge >= 0.3 is 5.97 Å². The number of rotatable bonds is 8. The van der Waals surface area contributed by atoms with Gasteiger partial charge in [-0.05, 0) is 24.3 Å². The Kier molecular flexibility index (Phi) is 9.62. The van der Waals surface area contributed by atoms with E-state index >= 15 is 0 Å². The molecule has 0 unspecified atom stereocenters. The second-order valence-corrected chi connectivity index (χ2v) is 15.1. The highest BCUT2D eigenvalue weighted by molar-refractivity contribution is 7.91. The molecule has 3 heterocycles. The second-order valence-electron chi connectivity index (χ2n) is 9.36. The molecule has 3 aromatic heterocycles. The molecule has 0 saturated heterocycles. The van der Waals surface area contributed by atoms with Gasteiger partial charge in [-0.3, -0.25) is 14.3 Å². The molecular weight excluding hydrogens is 665 g/mol. The summed E-state index contributed by atoms with van der Waals surface area (Å²) in [6.07, 6.45) is 3.70. The molecule has 0 bridgehead atoms. The summed E-state index contributed by atoms with van der Waals surface area (Å²) in [4.78, 5) is 43.1. The predicted octanol–water partition coefficient (Wildman–Crippen LogP) is 3.21. The third-order valence-electron chi connectivity index (χ3n) is 5.79. The Bertz CT molecular complexity index is 2150. The molecule has 0 atom stereocenters. The van der Waals surface area contributed by atoms with Gasteiger partial charge < -0.3 is 16.2 Å². The topological polar surface area (TPSA) is 221 Å². The average molecular weight is 689 g/mol. The van der Waals surface area contributed by atoms with Gasteiger partial charge in [-0.15, -0.1) is 22.7 Å². The summed E-state index contributed by atoms with van der Waals surface area (Å²) >= 11 is 2.36. The number of sulfone groups is 2. The van der Waals surface area contributed by atoms with Gasteiger partial charge in [0, 0.05) is 47.6 Å².